The Morgan fingerprint density at radius 1 is 0.691 bits per heavy atom. The minimum Gasteiger partial charge on any atom is -0.494 e. The number of nitrogens with one attached hydrogen (secondary N) is 2. The maximum atomic E-state index is 13.6. The van der Waals surface area contributed by atoms with Crippen molar-refractivity contribution >= 4 is 23.2 Å². The molecule has 2 amide bonds. The van der Waals surface area contributed by atoms with Gasteiger partial charge in [0.05, 0.1) is 40.1 Å². The first-order chi connectivity index (χ1) is 26.4. The monoisotopic (exact) mass is 769 g/mol. The predicted molar refractivity (Wildman–Crippen MR) is 217 cm³/mol. The quantitative estimate of drug-likeness (QED) is 0.100. The van der Waals surface area contributed by atoms with Crippen molar-refractivity contribution in [2.75, 3.05) is 38.6 Å². The van der Waals surface area contributed by atoms with E-state index in [1.165, 1.54) is 53.4 Å². The van der Waals surface area contributed by atoms with E-state index < -0.39 is 18.2 Å². The van der Waals surface area contributed by atoms with Gasteiger partial charge in [-0.05, 0) is 83.3 Å². The second-order valence-corrected chi connectivity index (χ2v) is 16.0. The number of amides is 2. The zero-order valence-electron chi connectivity index (χ0n) is 34.3. The first-order valence-corrected chi connectivity index (χ1v) is 20.4. The summed E-state index contributed by atoms with van der Waals surface area (Å²) in [5.74, 6) is 2.86. The van der Waals surface area contributed by atoms with Crippen LogP contribution in [0.4, 0.5) is 11.4 Å². The van der Waals surface area contributed by atoms with Crippen molar-refractivity contribution in [2.45, 2.75) is 141 Å². The molecule has 6 atom stereocenters. The molecule has 4 rings (SSSR count). The van der Waals surface area contributed by atoms with E-state index in [0.717, 1.165) is 38.5 Å². The molecule has 12 heteroatoms. The molecule has 2 aliphatic carbocycles. The normalized spacial score (nSPS) is 20.0. The summed E-state index contributed by atoms with van der Waals surface area (Å²) in [5, 5.41) is 5.99. The molecule has 55 heavy (non-hydrogen) atoms. The largest absolute Gasteiger partial charge is 0.494 e. The van der Waals surface area contributed by atoms with E-state index in [-0.39, 0.29) is 30.1 Å². The van der Waals surface area contributed by atoms with Crippen molar-refractivity contribution in [1.29, 1.82) is 0 Å². The molecule has 0 aliphatic heterocycles. The van der Waals surface area contributed by atoms with Crippen LogP contribution in [-0.4, -0.2) is 76.3 Å². The standard InChI is InChI=1S/C43H68N4O8/c1-27(2)54-39(35(44)22-29-13-9-8-10-14-29)42(48)46-32-17-12-18-34(24-32)53-20-19-30-15-11-16-31(21-30)23-36(45)40(55-28(3)4)43(49)47-33-25-37(50-5)41(52-7)38(26-33)51-6/h12,17-18,24-31,35-36,39-40H,8-11,13-16,19-23,44-45H2,1-7H3,(H,46,48)(H,47,49)/t30?,31?,35-,36-,39?,40?/m1/s1. The Bertz CT molecular complexity index is 1460. The number of methoxy groups -OCH3 is 3. The van der Waals surface area contributed by atoms with Gasteiger partial charge < -0.3 is 50.5 Å². The fourth-order valence-electron chi connectivity index (χ4n) is 8.21. The van der Waals surface area contributed by atoms with Crippen LogP contribution in [-0.2, 0) is 19.1 Å². The van der Waals surface area contributed by atoms with Gasteiger partial charge >= 0.3 is 0 Å². The SMILES string of the molecule is COc1cc(NC(=O)C(OC(C)C)[C@H](N)CC2CCCC(CCOc3cccc(NC(=O)C(OC(C)C)[C@H](N)CC4CCCCC4)c3)C2)cc(OC)c1OC. The van der Waals surface area contributed by atoms with E-state index in [9.17, 15) is 9.59 Å². The highest BCUT2D eigenvalue weighted by Gasteiger charge is 2.33. The van der Waals surface area contributed by atoms with Crippen molar-refractivity contribution in [3.63, 3.8) is 0 Å². The maximum absolute atomic E-state index is 13.6. The summed E-state index contributed by atoms with van der Waals surface area (Å²) in [5.41, 5.74) is 14.5. The fraction of sp³-hybridized carbons (Fsp3) is 0.674. The average Bonchev–Trinajstić information content (AvgIpc) is 3.16. The lowest BCUT2D eigenvalue weighted by molar-refractivity contribution is -0.132. The zero-order chi connectivity index (χ0) is 39.9. The highest BCUT2D eigenvalue weighted by molar-refractivity contribution is 5.96. The molecule has 0 heterocycles. The number of hydrogen-bond acceptors (Lipinski definition) is 10. The first kappa shape index (κ1) is 44.1. The van der Waals surface area contributed by atoms with Crippen molar-refractivity contribution in [3.8, 4) is 23.0 Å². The number of nitrogens with two attached hydrogens (primary N) is 2. The molecule has 2 aliphatic rings. The van der Waals surface area contributed by atoms with Gasteiger partial charge in [-0.3, -0.25) is 9.59 Å². The van der Waals surface area contributed by atoms with Crippen LogP contribution in [0.1, 0.15) is 105 Å². The van der Waals surface area contributed by atoms with E-state index in [1.54, 1.807) is 12.1 Å². The topological polar surface area (TPSA) is 166 Å². The van der Waals surface area contributed by atoms with Gasteiger partial charge in [-0.2, -0.15) is 0 Å². The molecule has 0 radical (unpaired) electrons. The first-order valence-electron chi connectivity index (χ1n) is 20.4. The molecule has 0 spiro atoms. The number of carbonyl (C=O) groups excluding carboxylic acids is 2. The number of benzene rings is 2. The predicted octanol–water partition coefficient (Wildman–Crippen LogP) is 7.47. The summed E-state index contributed by atoms with van der Waals surface area (Å²) in [4.78, 5) is 27.1. The third-order valence-electron chi connectivity index (χ3n) is 10.8. The number of carbonyl (C=O) groups is 2. The molecule has 308 valence electrons. The lowest BCUT2D eigenvalue weighted by Gasteiger charge is -2.33. The number of ether oxygens (including phenoxy) is 6. The third kappa shape index (κ3) is 13.8. The summed E-state index contributed by atoms with van der Waals surface area (Å²) in [7, 11) is 4.59. The Balaban J connectivity index is 1.29. The Morgan fingerprint density at radius 3 is 1.80 bits per heavy atom. The third-order valence-corrected chi connectivity index (χ3v) is 10.8. The van der Waals surface area contributed by atoms with Crippen LogP contribution in [0.25, 0.3) is 0 Å². The van der Waals surface area contributed by atoms with Gasteiger partial charge in [0.1, 0.15) is 5.75 Å². The molecule has 2 saturated carbocycles. The lowest BCUT2D eigenvalue weighted by Crippen LogP contribution is -2.47. The van der Waals surface area contributed by atoms with Crippen molar-refractivity contribution in [1.82, 2.24) is 0 Å². The Kier molecular flexibility index (Phi) is 17.8. The number of anilines is 2. The minimum absolute atomic E-state index is 0.118. The van der Waals surface area contributed by atoms with Crippen LogP contribution < -0.4 is 41.0 Å². The molecule has 0 aromatic heterocycles. The van der Waals surface area contributed by atoms with Gasteiger partial charge in [0, 0.05) is 41.7 Å². The molecular weight excluding hydrogens is 700 g/mol. The van der Waals surface area contributed by atoms with E-state index in [0.29, 0.717) is 65.2 Å². The van der Waals surface area contributed by atoms with Crippen LogP contribution in [0.3, 0.4) is 0 Å². The zero-order valence-corrected chi connectivity index (χ0v) is 34.3. The van der Waals surface area contributed by atoms with Crippen LogP contribution >= 0.6 is 0 Å². The second-order valence-electron chi connectivity index (χ2n) is 16.0. The molecule has 2 aromatic carbocycles. The van der Waals surface area contributed by atoms with Gasteiger partial charge in [0.15, 0.2) is 23.7 Å². The van der Waals surface area contributed by atoms with E-state index in [2.05, 4.69) is 10.6 Å². The highest BCUT2D eigenvalue weighted by Crippen LogP contribution is 2.40. The van der Waals surface area contributed by atoms with Crippen LogP contribution in [0.5, 0.6) is 23.0 Å². The summed E-state index contributed by atoms with van der Waals surface area (Å²) in [6.45, 7) is 8.23. The minimum atomic E-state index is -0.838. The lowest BCUT2D eigenvalue weighted by atomic mass is 9.77. The van der Waals surface area contributed by atoms with Crippen molar-refractivity contribution in [3.05, 3.63) is 36.4 Å². The molecule has 6 N–H and O–H groups in total. The molecular formula is C43H68N4O8. The fourth-order valence-corrected chi connectivity index (χ4v) is 8.21. The number of rotatable bonds is 21. The van der Waals surface area contributed by atoms with Gasteiger partial charge in [-0.1, -0.05) is 57.4 Å². The molecule has 2 aromatic rings. The number of hydrogen-bond donors (Lipinski definition) is 4. The summed E-state index contributed by atoms with van der Waals surface area (Å²) in [6.07, 6.45) is 10.9. The highest BCUT2D eigenvalue weighted by atomic mass is 16.5. The van der Waals surface area contributed by atoms with Crippen LogP contribution in [0.2, 0.25) is 0 Å². The maximum Gasteiger partial charge on any atom is 0.255 e. The van der Waals surface area contributed by atoms with Gasteiger partial charge in [-0.15, -0.1) is 0 Å². The second kappa shape index (κ2) is 22.2. The molecule has 0 bridgehead atoms. The van der Waals surface area contributed by atoms with Crippen molar-refractivity contribution in [2.24, 2.45) is 29.2 Å². The Morgan fingerprint density at radius 2 is 1.24 bits per heavy atom. The smallest absolute Gasteiger partial charge is 0.255 e. The van der Waals surface area contributed by atoms with E-state index in [1.807, 2.05) is 52.0 Å². The summed E-state index contributed by atoms with van der Waals surface area (Å²) < 4.78 is 34.7. The van der Waals surface area contributed by atoms with Gasteiger partial charge in [0.25, 0.3) is 11.8 Å². The van der Waals surface area contributed by atoms with Crippen LogP contribution in [0, 0.1) is 17.8 Å². The van der Waals surface area contributed by atoms with Gasteiger partial charge in [0.2, 0.25) is 5.75 Å². The van der Waals surface area contributed by atoms with E-state index >= 15 is 0 Å². The Hall–Kier alpha value is -3.58. The Labute approximate surface area is 329 Å². The molecule has 2 fully saturated rings. The van der Waals surface area contributed by atoms with Gasteiger partial charge in [-0.25, -0.2) is 0 Å². The molecule has 4 unspecified atom stereocenters. The average molecular weight is 769 g/mol. The summed E-state index contributed by atoms with van der Waals surface area (Å²) >= 11 is 0. The molecule has 12 nitrogen and oxygen atoms in total. The van der Waals surface area contributed by atoms with Crippen molar-refractivity contribution < 1.29 is 38.0 Å². The van der Waals surface area contributed by atoms with E-state index in [4.69, 9.17) is 39.9 Å². The summed E-state index contributed by atoms with van der Waals surface area (Å²) in [6, 6.07) is 10.0. The van der Waals surface area contributed by atoms with Crippen LogP contribution in [0.15, 0.2) is 36.4 Å². The molecule has 0 saturated heterocycles.